The molecular weight excluding hydrogens is 470 g/mol. The van der Waals surface area contributed by atoms with Gasteiger partial charge >= 0.3 is 0 Å². The Labute approximate surface area is 195 Å². The number of benzene rings is 2. The first-order valence-electron chi connectivity index (χ1n) is 9.51. The quantitative estimate of drug-likeness (QED) is 0.508. The third-order valence-corrected chi connectivity index (χ3v) is 8.36. The number of halogens is 1. The standard InChI is InChI=1S/C23H18ClNO5S2/c1-3-10-30-18-9-4-14(11-19(18)29-2)17-12-21(26)25-22-20(13-31-23(17)22)32(27,28)16-7-5-15(24)6-8-16/h1,4-9,11,13,17H,10,12H2,2H3,(H,25,26)/t17-/m1/s1. The van der Waals surface area contributed by atoms with Crippen molar-refractivity contribution in [3.8, 4) is 23.8 Å². The smallest absolute Gasteiger partial charge is 0.225 e. The van der Waals surface area contributed by atoms with E-state index in [1.165, 1.54) is 42.7 Å². The molecule has 6 nitrogen and oxygen atoms in total. The molecule has 1 N–H and O–H groups in total. The summed E-state index contributed by atoms with van der Waals surface area (Å²) in [7, 11) is -2.32. The molecule has 0 saturated carbocycles. The molecule has 2 aromatic carbocycles. The van der Waals surface area contributed by atoms with E-state index in [9.17, 15) is 13.2 Å². The summed E-state index contributed by atoms with van der Waals surface area (Å²) >= 11 is 7.19. The van der Waals surface area contributed by atoms with Gasteiger partial charge in [0.05, 0.1) is 17.7 Å². The minimum atomic E-state index is -3.84. The van der Waals surface area contributed by atoms with Crippen LogP contribution in [0.15, 0.2) is 57.6 Å². The number of carbonyl (C=O) groups excluding carboxylic acids is 1. The summed E-state index contributed by atoms with van der Waals surface area (Å²) < 4.78 is 37.4. The number of hydrogen-bond donors (Lipinski definition) is 1. The van der Waals surface area contributed by atoms with Crippen molar-refractivity contribution in [1.82, 2.24) is 0 Å². The summed E-state index contributed by atoms with van der Waals surface area (Å²) in [5.41, 5.74) is 1.13. The second-order valence-electron chi connectivity index (χ2n) is 7.00. The van der Waals surface area contributed by atoms with Gasteiger partial charge in [0.2, 0.25) is 15.7 Å². The predicted octanol–water partition coefficient (Wildman–Crippen LogP) is 4.73. The first-order valence-corrected chi connectivity index (χ1v) is 12.2. The largest absolute Gasteiger partial charge is 0.493 e. The van der Waals surface area contributed by atoms with Gasteiger partial charge in [-0.25, -0.2) is 8.42 Å². The first-order chi connectivity index (χ1) is 15.3. The van der Waals surface area contributed by atoms with Crippen molar-refractivity contribution in [3.05, 3.63) is 63.3 Å². The molecule has 1 amide bonds. The summed E-state index contributed by atoms with van der Waals surface area (Å²) in [5.74, 6) is 2.79. The van der Waals surface area contributed by atoms with Gasteiger partial charge in [0, 0.05) is 27.6 Å². The molecule has 4 rings (SSSR count). The van der Waals surface area contributed by atoms with Gasteiger partial charge in [-0.3, -0.25) is 4.79 Å². The lowest BCUT2D eigenvalue weighted by Gasteiger charge is -2.24. The topological polar surface area (TPSA) is 81.7 Å². The number of carbonyl (C=O) groups is 1. The van der Waals surface area contributed by atoms with Crippen LogP contribution < -0.4 is 14.8 Å². The van der Waals surface area contributed by atoms with Gasteiger partial charge < -0.3 is 14.8 Å². The number of fused-ring (bicyclic) bond motifs is 1. The number of ether oxygens (including phenoxy) is 2. The van der Waals surface area contributed by atoms with Crippen LogP contribution in [0, 0.1) is 12.3 Å². The molecule has 1 aliphatic heterocycles. The van der Waals surface area contributed by atoms with Crippen molar-refractivity contribution in [1.29, 1.82) is 0 Å². The number of thiophene rings is 1. The van der Waals surface area contributed by atoms with Crippen LogP contribution in [0.1, 0.15) is 22.8 Å². The van der Waals surface area contributed by atoms with Gasteiger partial charge in [0.1, 0.15) is 11.5 Å². The summed E-state index contributed by atoms with van der Waals surface area (Å²) in [6, 6.07) is 11.3. The Balaban J connectivity index is 1.76. The van der Waals surface area contributed by atoms with Crippen LogP contribution in [0.4, 0.5) is 5.69 Å². The van der Waals surface area contributed by atoms with E-state index < -0.39 is 9.84 Å². The maximum atomic E-state index is 13.2. The predicted molar refractivity (Wildman–Crippen MR) is 124 cm³/mol. The van der Waals surface area contributed by atoms with Crippen LogP contribution in [-0.2, 0) is 14.6 Å². The molecule has 2 heterocycles. The van der Waals surface area contributed by atoms with E-state index >= 15 is 0 Å². The number of amides is 1. The molecule has 32 heavy (non-hydrogen) atoms. The van der Waals surface area contributed by atoms with Crippen LogP contribution >= 0.6 is 22.9 Å². The van der Waals surface area contributed by atoms with Gasteiger partial charge in [-0.15, -0.1) is 17.8 Å². The lowest BCUT2D eigenvalue weighted by molar-refractivity contribution is -0.116. The van der Waals surface area contributed by atoms with Crippen molar-refractivity contribution in [2.24, 2.45) is 0 Å². The van der Waals surface area contributed by atoms with Gasteiger partial charge in [-0.05, 0) is 42.0 Å². The first kappa shape index (κ1) is 22.2. The molecule has 1 aromatic heterocycles. The number of anilines is 1. The van der Waals surface area contributed by atoms with Gasteiger partial charge in [0.15, 0.2) is 11.5 Å². The second kappa shape index (κ2) is 8.87. The fourth-order valence-electron chi connectivity index (χ4n) is 3.55. The molecule has 9 heteroatoms. The van der Waals surface area contributed by atoms with Crippen molar-refractivity contribution < 1.29 is 22.7 Å². The Morgan fingerprint density at radius 3 is 2.66 bits per heavy atom. The summed E-state index contributed by atoms with van der Waals surface area (Å²) in [4.78, 5) is 13.5. The minimum Gasteiger partial charge on any atom is -0.493 e. The maximum Gasteiger partial charge on any atom is 0.225 e. The van der Waals surface area contributed by atoms with Crippen LogP contribution in [0.3, 0.4) is 0 Å². The van der Waals surface area contributed by atoms with Crippen molar-refractivity contribution in [2.75, 3.05) is 19.0 Å². The van der Waals surface area contributed by atoms with Crippen LogP contribution in [0.2, 0.25) is 5.02 Å². The fraction of sp³-hybridized carbons (Fsp3) is 0.174. The minimum absolute atomic E-state index is 0.0683. The Kier molecular flexibility index (Phi) is 6.15. The zero-order valence-corrected chi connectivity index (χ0v) is 19.3. The average molecular weight is 488 g/mol. The van der Waals surface area contributed by atoms with Crippen molar-refractivity contribution >= 4 is 44.4 Å². The van der Waals surface area contributed by atoms with E-state index in [-0.39, 0.29) is 34.6 Å². The van der Waals surface area contributed by atoms with Crippen LogP contribution in [-0.4, -0.2) is 28.0 Å². The zero-order valence-electron chi connectivity index (χ0n) is 16.9. The normalized spacial score (nSPS) is 15.4. The molecule has 164 valence electrons. The van der Waals surface area contributed by atoms with E-state index in [0.717, 1.165) is 10.4 Å². The molecule has 3 aromatic rings. The zero-order chi connectivity index (χ0) is 22.9. The number of hydrogen-bond acceptors (Lipinski definition) is 6. The summed E-state index contributed by atoms with van der Waals surface area (Å²) in [5, 5.41) is 4.75. The molecule has 0 fully saturated rings. The lowest BCUT2D eigenvalue weighted by Crippen LogP contribution is -2.23. The van der Waals surface area contributed by atoms with E-state index in [0.29, 0.717) is 22.2 Å². The highest BCUT2D eigenvalue weighted by Crippen LogP contribution is 2.47. The highest BCUT2D eigenvalue weighted by Gasteiger charge is 2.34. The second-order valence-corrected chi connectivity index (χ2v) is 10.3. The molecule has 0 radical (unpaired) electrons. The monoisotopic (exact) mass is 487 g/mol. The molecule has 0 aliphatic carbocycles. The van der Waals surface area contributed by atoms with E-state index in [1.807, 2.05) is 6.07 Å². The summed E-state index contributed by atoms with van der Waals surface area (Å²) in [6.07, 6.45) is 5.44. The summed E-state index contributed by atoms with van der Waals surface area (Å²) in [6.45, 7) is 0.0997. The molecule has 1 atom stereocenters. The highest BCUT2D eigenvalue weighted by atomic mass is 35.5. The number of methoxy groups -OCH3 is 1. The molecule has 1 aliphatic rings. The van der Waals surface area contributed by atoms with E-state index in [2.05, 4.69) is 11.2 Å². The Morgan fingerprint density at radius 1 is 1.22 bits per heavy atom. The Hall–Kier alpha value is -2.99. The lowest BCUT2D eigenvalue weighted by atomic mass is 9.90. The van der Waals surface area contributed by atoms with E-state index in [1.54, 1.807) is 17.5 Å². The number of sulfone groups is 1. The maximum absolute atomic E-state index is 13.2. The van der Waals surface area contributed by atoms with Crippen molar-refractivity contribution in [3.63, 3.8) is 0 Å². The SMILES string of the molecule is C#CCOc1ccc([C@H]2CC(=O)Nc3c(S(=O)(=O)c4ccc(Cl)cc4)csc32)cc1OC. The van der Waals surface area contributed by atoms with Crippen molar-refractivity contribution in [2.45, 2.75) is 22.1 Å². The van der Waals surface area contributed by atoms with Gasteiger partial charge in [0.25, 0.3) is 0 Å². The van der Waals surface area contributed by atoms with Gasteiger partial charge in [-0.1, -0.05) is 23.6 Å². The van der Waals surface area contributed by atoms with Crippen LogP contribution in [0.5, 0.6) is 11.5 Å². The number of terminal acetylenes is 1. The number of rotatable bonds is 6. The average Bonchev–Trinajstić information content (AvgIpc) is 3.22. The third kappa shape index (κ3) is 4.07. The molecule has 0 spiro atoms. The Bertz CT molecular complexity index is 1320. The molecular formula is C23H18ClNO5S2. The third-order valence-electron chi connectivity index (χ3n) is 5.07. The van der Waals surface area contributed by atoms with Crippen LogP contribution in [0.25, 0.3) is 0 Å². The van der Waals surface area contributed by atoms with E-state index in [4.69, 9.17) is 27.5 Å². The Morgan fingerprint density at radius 2 is 1.97 bits per heavy atom. The number of nitrogens with one attached hydrogen (secondary N) is 1. The highest BCUT2D eigenvalue weighted by molar-refractivity contribution is 7.91. The molecule has 0 saturated heterocycles. The fourth-order valence-corrected chi connectivity index (χ4v) is 6.59. The molecule has 0 unspecified atom stereocenters. The molecule has 0 bridgehead atoms. The van der Waals surface area contributed by atoms with Gasteiger partial charge in [-0.2, -0.15) is 0 Å².